The Hall–Kier alpha value is -1.59. The van der Waals surface area contributed by atoms with Crippen molar-refractivity contribution in [2.45, 2.75) is 32.1 Å². The van der Waals surface area contributed by atoms with Crippen molar-refractivity contribution >= 4 is 11.6 Å². The molecule has 2 N–H and O–H groups in total. The summed E-state index contributed by atoms with van der Waals surface area (Å²) in [4.78, 5) is 19.0. The van der Waals surface area contributed by atoms with E-state index in [-0.39, 0.29) is 5.91 Å². The Balaban J connectivity index is 1.59. The predicted molar refractivity (Wildman–Crippen MR) is 105 cm³/mol. The number of unbranched alkanes of at least 4 members (excludes halogenated alkanes) is 3. The summed E-state index contributed by atoms with van der Waals surface area (Å²) in [7, 11) is 1.93. The third-order valence-corrected chi connectivity index (χ3v) is 5.02. The average molecular weight is 347 g/mol. The molecule has 0 spiro atoms. The SMILES string of the molecule is CN(CCN1CCN(c2ccccc2)CC1)C(=O)CCCCCCN. The first kappa shape index (κ1) is 19.7. The number of benzene rings is 1. The van der Waals surface area contributed by atoms with Gasteiger partial charge >= 0.3 is 0 Å². The molecule has 2 rings (SSSR count). The van der Waals surface area contributed by atoms with Gasteiger partial charge in [-0.3, -0.25) is 9.69 Å². The summed E-state index contributed by atoms with van der Waals surface area (Å²) < 4.78 is 0. The molecule has 0 saturated carbocycles. The van der Waals surface area contributed by atoms with Crippen LogP contribution in [0, 0.1) is 0 Å². The largest absolute Gasteiger partial charge is 0.369 e. The molecule has 0 atom stereocenters. The maximum absolute atomic E-state index is 12.2. The fraction of sp³-hybridized carbons (Fsp3) is 0.650. The van der Waals surface area contributed by atoms with Crippen LogP contribution >= 0.6 is 0 Å². The second-order valence-corrected chi connectivity index (χ2v) is 6.93. The summed E-state index contributed by atoms with van der Waals surface area (Å²) in [6.07, 6.45) is 4.97. The number of piperazine rings is 1. The number of nitrogens with zero attached hydrogens (tertiary/aromatic N) is 3. The summed E-state index contributed by atoms with van der Waals surface area (Å²) in [5.41, 5.74) is 6.80. The van der Waals surface area contributed by atoms with Crippen LogP contribution in [0.5, 0.6) is 0 Å². The second-order valence-electron chi connectivity index (χ2n) is 6.93. The normalized spacial score (nSPS) is 15.4. The van der Waals surface area contributed by atoms with Gasteiger partial charge in [-0.2, -0.15) is 0 Å². The molecule has 0 unspecified atom stereocenters. The standard InChI is InChI=1S/C20H34N4O/c1-22(20(25)11-7-2-3-8-12-21)13-14-23-15-17-24(18-16-23)19-9-5-4-6-10-19/h4-6,9-10H,2-3,7-8,11-18,21H2,1H3. The Bertz CT molecular complexity index is 486. The third kappa shape index (κ3) is 7.04. The quantitative estimate of drug-likeness (QED) is 0.660. The van der Waals surface area contributed by atoms with Crippen LogP contribution in [-0.4, -0.2) is 68.6 Å². The molecule has 1 aromatic rings. The Morgan fingerprint density at radius 1 is 1.04 bits per heavy atom. The van der Waals surface area contributed by atoms with Gasteiger partial charge in [0.05, 0.1) is 0 Å². The van der Waals surface area contributed by atoms with Gasteiger partial charge in [-0.25, -0.2) is 0 Å². The highest BCUT2D eigenvalue weighted by Crippen LogP contribution is 2.15. The van der Waals surface area contributed by atoms with E-state index in [9.17, 15) is 4.79 Å². The van der Waals surface area contributed by atoms with Gasteiger partial charge in [-0.1, -0.05) is 31.0 Å². The van der Waals surface area contributed by atoms with Crippen molar-refractivity contribution in [3.8, 4) is 0 Å². The lowest BCUT2D eigenvalue weighted by atomic mass is 10.1. The van der Waals surface area contributed by atoms with Crippen LogP contribution in [0.15, 0.2) is 30.3 Å². The van der Waals surface area contributed by atoms with Gasteiger partial charge in [0.15, 0.2) is 0 Å². The summed E-state index contributed by atoms with van der Waals surface area (Å²) in [5, 5.41) is 0. The molecule has 5 nitrogen and oxygen atoms in total. The van der Waals surface area contributed by atoms with Crippen molar-refractivity contribution in [1.29, 1.82) is 0 Å². The van der Waals surface area contributed by atoms with Gasteiger partial charge in [0.1, 0.15) is 0 Å². The average Bonchev–Trinajstić information content (AvgIpc) is 2.67. The molecule has 25 heavy (non-hydrogen) atoms. The van der Waals surface area contributed by atoms with Crippen LogP contribution in [0.4, 0.5) is 5.69 Å². The summed E-state index contributed by atoms with van der Waals surface area (Å²) in [5.74, 6) is 0.274. The van der Waals surface area contributed by atoms with E-state index in [0.717, 1.165) is 71.5 Å². The number of rotatable bonds is 10. The molecule has 140 valence electrons. The van der Waals surface area contributed by atoms with Crippen molar-refractivity contribution in [1.82, 2.24) is 9.80 Å². The van der Waals surface area contributed by atoms with Crippen molar-refractivity contribution in [2.75, 3.05) is 57.8 Å². The Kier molecular flexibility index (Phi) is 8.77. The number of anilines is 1. The Morgan fingerprint density at radius 3 is 2.40 bits per heavy atom. The number of hydrogen-bond acceptors (Lipinski definition) is 4. The van der Waals surface area contributed by atoms with E-state index in [2.05, 4.69) is 40.1 Å². The van der Waals surface area contributed by atoms with E-state index in [1.54, 1.807) is 0 Å². The first-order valence-electron chi connectivity index (χ1n) is 9.67. The fourth-order valence-electron chi connectivity index (χ4n) is 3.25. The molecule has 0 aliphatic carbocycles. The minimum atomic E-state index is 0.274. The van der Waals surface area contributed by atoms with Crippen molar-refractivity contribution in [3.05, 3.63) is 30.3 Å². The zero-order valence-electron chi connectivity index (χ0n) is 15.7. The lowest BCUT2D eigenvalue weighted by molar-refractivity contribution is -0.130. The Labute approximate surface area is 152 Å². The van der Waals surface area contributed by atoms with Crippen LogP contribution in [-0.2, 0) is 4.79 Å². The lowest BCUT2D eigenvalue weighted by Gasteiger charge is -2.36. The summed E-state index contributed by atoms with van der Waals surface area (Å²) in [6.45, 7) is 6.80. The van der Waals surface area contributed by atoms with E-state index in [1.807, 2.05) is 11.9 Å². The molecule has 1 aliphatic heterocycles. The summed E-state index contributed by atoms with van der Waals surface area (Å²) >= 11 is 0. The molecule has 1 fully saturated rings. The number of nitrogens with two attached hydrogens (primary N) is 1. The van der Waals surface area contributed by atoms with E-state index in [1.165, 1.54) is 5.69 Å². The zero-order chi connectivity index (χ0) is 17.9. The number of hydrogen-bond donors (Lipinski definition) is 1. The molecule has 1 aromatic carbocycles. The van der Waals surface area contributed by atoms with Crippen molar-refractivity contribution in [2.24, 2.45) is 5.73 Å². The number of carbonyl (C=O) groups is 1. The van der Waals surface area contributed by atoms with Crippen LogP contribution in [0.3, 0.4) is 0 Å². The highest BCUT2D eigenvalue weighted by atomic mass is 16.2. The molecule has 5 heteroatoms. The van der Waals surface area contributed by atoms with Crippen LogP contribution in [0.2, 0.25) is 0 Å². The van der Waals surface area contributed by atoms with Crippen molar-refractivity contribution < 1.29 is 4.79 Å². The van der Waals surface area contributed by atoms with Crippen LogP contribution in [0.25, 0.3) is 0 Å². The monoisotopic (exact) mass is 346 g/mol. The van der Waals surface area contributed by atoms with E-state index >= 15 is 0 Å². The smallest absolute Gasteiger partial charge is 0.222 e. The maximum Gasteiger partial charge on any atom is 0.222 e. The minimum Gasteiger partial charge on any atom is -0.369 e. The first-order chi connectivity index (χ1) is 12.2. The third-order valence-electron chi connectivity index (χ3n) is 5.02. The highest BCUT2D eigenvalue weighted by Gasteiger charge is 2.18. The number of amides is 1. The first-order valence-corrected chi connectivity index (χ1v) is 9.67. The molecule has 0 aromatic heterocycles. The topological polar surface area (TPSA) is 52.8 Å². The van der Waals surface area contributed by atoms with Gasteiger partial charge in [0.2, 0.25) is 5.91 Å². The summed E-state index contributed by atoms with van der Waals surface area (Å²) in [6, 6.07) is 10.6. The van der Waals surface area contributed by atoms with E-state index < -0.39 is 0 Å². The molecular weight excluding hydrogens is 312 g/mol. The lowest BCUT2D eigenvalue weighted by Crippen LogP contribution is -2.48. The highest BCUT2D eigenvalue weighted by molar-refractivity contribution is 5.75. The van der Waals surface area contributed by atoms with Crippen molar-refractivity contribution in [3.63, 3.8) is 0 Å². The molecule has 1 saturated heterocycles. The maximum atomic E-state index is 12.2. The van der Waals surface area contributed by atoms with Crippen LogP contribution < -0.4 is 10.6 Å². The van der Waals surface area contributed by atoms with Gasteiger partial charge in [-0.05, 0) is 31.5 Å². The molecule has 0 radical (unpaired) electrons. The number of carbonyl (C=O) groups excluding carboxylic acids is 1. The van der Waals surface area contributed by atoms with Gasteiger partial charge in [-0.15, -0.1) is 0 Å². The molecule has 1 amide bonds. The number of likely N-dealkylation sites (N-methyl/N-ethyl adjacent to an activating group) is 1. The number of para-hydroxylation sites is 1. The van der Waals surface area contributed by atoms with Gasteiger partial charge in [0, 0.05) is 58.4 Å². The Morgan fingerprint density at radius 2 is 1.72 bits per heavy atom. The van der Waals surface area contributed by atoms with E-state index in [0.29, 0.717) is 6.42 Å². The van der Waals surface area contributed by atoms with Gasteiger partial charge in [0.25, 0.3) is 0 Å². The fourth-order valence-corrected chi connectivity index (χ4v) is 3.25. The minimum absolute atomic E-state index is 0.274. The van der Waals surface area contributed by atoms with Gasteiger partial charge < -0.3 is 15.5 Å². The molecular formula is C20H34N4O. The zero-order valence-corrected chi connectivity index (χ0v) is 15.7. The van der Waals surface area contributed by atoms with Crippen LogP contribution in [0.1, 0.15) is 32.1 Å². The predicted octanol–water partition coefficient (Wildman–Crippen LogP) is 2.18. The molecule has 1 heterocycles. The molecule has 0 bridgehead atoms. The van der Waals surface area contributed by atoms with E-state index in [4.69, 9.17) is 5.73 Å². The second kappa shape index (κ2) is 11.1. The molecule has 1 aliphatic rings.